The lowest BCUT2D eigenvalue weighted by atomic mass is 9.96. The summed E-state index contributed by atoms with van der Waals surface area (Å²) < 4.78 is 25.4. The van der Waals surface area contributed by atoms with Crippen molar-refractivity contribution in [1.82, 2.24) is 9.97 Å². The molecule has 0 radical (unpaired) electrons. The van der Waals surface area contributed by atoms with Crippen LogP contribution in [0.2, 0.25) is 0 Å². The summed E-state index contributed by atoms with van der Waals surface area (Å²) in [6, 6.07) is 0. The molecule has 98 valence electrons. The van der Waals surface area contributed by atoms with Gasteiger partial charge in [0.25, 0.3) is 0 Å². The summed E-state index contributed by atoms with van der Waals surface area (Å²) in [6.07, 6.45) is 4.24. The van der Waals surface area contributed by atoms with Crippen LogP contribution in [0, 0.1) is 5.92 Å². The molecule has 1 aliphatic heterocycles. The number of anilines is 1. The van der Waals surface area contributed by atoms with Crippen molar-refractivity contribution in [3.05, 3.63) is 17.6 Å². The quantitative estimate of drug-likeness (QED) is 0.810. The van der Waals surface area contributed by atoms with Crippen LogP contribution in [0.5, 0.6) is 0 Å². The highest BCUT2D eigenvalue weighted by Crippen LogP contribution is 2.32. The van der Waals surface area contributed by atoms with E-state index in [2.05, 4.69) is 9.97 Å². The monoisotopic (exact) mass is 253 g/mol. The van der Waals surface area contributed by atoms with Crippen LogP contribution in [0.15, 0.2) is 6.33 Å². The first-order valence-electron chi connectivity index (χ1n) is 6.61. The second-order valence-corrected chi connectivity index (χ2v) is 5.16. The van der Waals surface area contributed by atoms with Crippen molar-refractivity contribution >= 4 is 5.82 Å². The Balaban J connectivity index is 1.85. The smallest absolute Gasteiger partial charge is 0.243 e. The van der Waals surface area contributed by atoms with Crippen molar-refractivity contribution in [1.29, 1.82) is 0 Å². The summed E-state index contributed by atoms with van der Waals surface area (Å²) in [5, 5.41) is 0. The summed E-state index contributed by atoms with van der Waals surface area (Å²) in [7, 11) is 0. The minimum absolute atomic E-state index is 0.432. The molecule has 1 unspecified atom stereocenters. The molecule has 2 aliphatic rings. The summed E-state index contributed by atoms with van der Waals surface area (Å²) >= 11 is 0. The number of fused-ring (bicyclic) bond motifs is 1. The van der Waals surface area contributed by atoms with Gasteiger partial charge in [0.2, 0.25) is 6.43 Å². The maximum atomic E-state index is 12.7. The number of hydrogen-bond donors (Lipinski definition) is 0. The number of aromatic nitrogens is 2. The van der Waals surface area contributed by atoms with Gasteiger partial charge in [-0.3, -0.25) is 0 Å². The number of nitrogens with zero attached hydrogens (tertiary/aromatic N) is 3. The Morgan fingerprint density at radius 1 is 1.22 bits per heavy atom. The Hall–Kier alpha value is -1.26. The lowest BCUT2D eigenvalue weighted by molar-refractivity contribution is 0.0880. The first kappa shape index (κ1) is 11.8. The second kappa shape index (κ2) is 4.78. The van der Waals surface area contributed by atoms with Crippen molar-refractivity contribution in [2.45, 2.75) is 38.5 Å². The number of halogens is 2. The maximum absolute atomic E-state index is 12.7. The molecule has 0 bridgehead atoms. The SMILES string of the molecule is FC(F)C1CCN(c2ncnc3c2CCCC3)C1. The van der Waals surface area contributed by atoms with Crippen LogP contribution >= 0.6 is 0 Å². The van der Waals surface area contributed by atoms with Gasteiger partial charge in [0.1, 0.15) is 12.1 Å². The summed E-state index contributed by atoms with van der Waals surface area (Å²) in [5.74, 6) is 0.405. The molecule has 0 amide bonds. The van der Waals surface area contributed by atoms with E-state index in [1.165, 1.54) is 12.0 Å². The molecule has 1 saturated heterocycles. The van der Waals surface area contributed by atoms with Crippen LogP contribution in [-0.2, 0) is 12.8 Å². The van der Waals surface area contributed by atoms with E-state index in [4.69, 9.17) is 0 Å². The Labute approximate surface area is 105 Å². The van der Waals surface area contributed by atoms with Gasteiger partial charge in [0, 0.05) is 30.3 Å². The normalized spacial score (nSPS) is 23.5. The van der Waals surface area contributed by atoms with Crippen molar-refractivity contribution in [2.24, 2.45) is 5.92 Å². The third-order valence-corrected chi connectivity index (χ3v) is 3.98. The van der Waals surface area contributed by atoms with E-state index in [9.17, 15) is 8.78 Å². The fraction of sp³-hybridized carbons (Fsp3) is 0.692. The van der Waals surface area contributed by atoms with Gasteiger partial charge < -0.3 is 4.90 Å². The fourth-order valence-electron chi connectivity index (χ4n) is 2.96. The minimum atomic E-state index is -2.22. The summed E-state index contributed by atoms with van der Waals surface area (Å²) in [6.45, 7) is 1.12. The third-order valence-electron chi connectivity index (χ3n) is 3.98. The predicted octanol–water partition coefficient (Wildman–Crippen LogP) is 2.45. The van der Waals surface area contributed by atoms with E-state index >= 15 is 0 Å². The Kier molecular flexibility index (Phi) is 3.14. The van der Waals surface area contributed by atoms with Crippen molar-refractivity contribution in [3.8, 4) is 0 Å². The van der Waals surface area contributed by atoms with Crippen molar-refractivity contribution < 1.29 is 8.78 Å². The molecule has 1 aliphatic carbocycles. The zero-order chi connectivity index (χ0) is 12.5. The molecule has 3 rings (SSSR count). The molecule has 1 atom stereocenters. The highest BCUT2D eigenvalue weighted by molar-refractivity contribution is 5.50. The molecule has 0 N–H and O–H groups in total. The Bertz CT molecular complexity index is 436. The van der Waals surface area contributed by atoms with E-state index in [0.29, 0.717) is 19.5 Å². The topological polar surface area (TPSA) is 29.0 Å². The number of alkyl halides is 2. The molecule has 1 aromatic heterocycles. The fourth-order valence-corrected chi connectivity index (χ4v) is 2.96. The van der Waals surface area contributed by atoms with Crippen LogP contribution in [-0.4, -0.2) is 29.5 Å². The highest BCUT2D eigenvalue weighted by atomic mass is 19.3. The van der Waals surface area contributed by atoms with Crippen LogP contribution in [0.25, 0.3) is 0 Å². The van der Waals surface area contributed by atoms with E-state index in [-0.39, 0.29) is 0 Å². The second-order valence-electron chi connectivity index (χ2n) is 5.16. The predicted molar refractivity (Wildman–Crippen MR) is 65.0 cm³/mol. The molecule has 3 nitrogen and oxygen atoms in total. The Morgan fingerprint density at radius 2 is 2.06 bits per heavy atom. The first-order valence-corrected chi connectivity index (χ1v) is 6.61. The van der Waals surface area contributed by atoms with E-state index in [1.807, 2.05) is 4.90 Å². The van der Waals surface area contributed by atoms with E-state index in [0.717, 1.165) is 30.8 Å². The van der Waals surface area contributed by atoms with E-state index < -0.39 is 12.3 Å². The van der Waals surface area contributed by atoms with Gasteiger partial charge in [-0.2, -0.15) is 0 Å². The van der Waals surface area contributed by atoms with Gasteiger partial charge in [0.15, 0.2) is 0 Å². The van der Waals surface area contributed by atoms with Crippen LogP contribution < -0.4 is 4.90 Å². The lowest BCUT2D eigenvalue weighted by Crippen LogP contribution is -2.25. The molecule has 0 aromatic carbocycles. The molecule has 0 saturated carbocycles. The molecule has 1 fully saturated rings. The van der Waals surface area contributed by atoms with Crippen LogP contribution in [0.1, 0.15) is 30.5 Å². The molecule has 18 heavy (non-hydrogen) atoms. The number of rotatable bonds is 2. The molecule has 5 heteroatoms. The number of aryl methyl sites for hydroxylation is 1. The lowest BCUT2D eigenvalue weighted by Gasteiger charge is -2.24. The highest BCUT2D eigenvalue weighted by Gasteiger charge is 2.31. The summed E-state index contributed by atoms with van der Waals surface area (Å²) in [5.41, 5.74) is 2.31. The molecular weight excluding hydrogens is 236 g/mol. The molecule has 1 aromatic rings. The third kappa shape index (κ3) is 2.06. The average molecular weight is 253 g/mol. The maximum Gasteiger partial charge on any atom is 0.243 e. The van der Waals surface area contributed by atoms with E-state index in [1.54, 1.807) is 6.33 Å². The van der Waals surface area contributed by atoms with Crippen molar-refractivity contribution in [2.75, 3.05) is 18.0 Å². The van der Waals surface area contributed by atoms with Gasteiger partial charge >= 0.3 is 0 Å². The molecular formula is C13H17F2N3. The average Bonchev–Trinajstić information content (AvgIpc) is 2.87. The van der Waals surface area contributed by atoms with Gasteiger partial charge in [-0.25, -0.2) is 18.7 Å². The largest absolute Gasteiger partial charge is 0.356 e. The summed E-state index contributed by atoms with van der Waals surface area (Å²) in [4.78, 5) is 10.7. The van der Waals surface area contributed by atoms with Gasteiger partial charge in [-0.05, 0) is 32.1 Å². The zero-order valence-electron chi connectivity index (χ0n) is 10.3. The van der Waals surface area contributed by atoms with Crippen LogP contribution in [0.4, 0.5) is 14.6 Å². The minimum Gasteiger partial charge on any atom is -0.356 e. The van der Waals surface area contributed by atoms with Crippen LogP contribution in [0.3, 0.4) is 0 Å². The van der Waals surface area contributed by atoms with Gasteiger partial charge in [0.05, 0.1) is 0 Å². The van der Waals surface area contributed by atoms with Gasteiger partial charge in [-0.1, -0.05) is 0 Å². The molecule has 2 heterocycles. The first-order chi connectivity index (χ1) is 8.75. The zero-order valence-corrected chi connectivity index (χ0v) is 10.3. The van der Waals surface area contributed by atoms with Gasteiger partial charge in [-0.15, -0.1) is 0 Å². The molecule has 0 spiro atoms. The Morgan fingerprint density at radius 3 is 2.83 bits per heavy atom. The standard InChI is InChI=1S/C13H17F2N3/c14-12(15)9-5-6-18(7-9)13-10-3-1-2-4-11(10)16-8-17-13/h8-9,12H,1-7H2. The van der Waals surface area contributed by atoms with Crippen molar-refractivity contribution in [3.63, 3.8) is 0 Å². The number of hydrogen-bond acceptors (Lipinski definition) is 3.